The Labute approximate surface area is 145 Å². The van der Waals surface area contributed by atoms with Crippen molar-refractivity contribution in [1.82, 2.24) is 4.98 Å². The molecule has 0 saturated heterocycles. The topological polar surface area (TPSA) is 12.9 Å². The second-order valence-corrected chi connectivity index (χ2v) is 6.61. The third-order valence-corrected chi connectivity index (χ3v) is 5.28. The first kappa shape index (κ1) is 16.4. The van der Waals surface area contributed by atoms with Gasteiger partial charge in [0.15, 0.2) is 0 Å². The molecule has 2 aromatic carbocycles. The maximum atomic E-state index is 4.63. The molecule has 1 heteroatoms. The van der Waals surface area contributed by atoms with Crippen LogP contribution < -0.4 is 0 Å². The summed E-state index contributed by atoms with van der Waals surface area (Å²) >= 11 is 0. The van der Waals surface area contributed by atoms with Gasteiger partial charge in [0.1, 0.15) is 0 Å². The molecule has 0 unspecified atom stereocenters. The molecule has 0 aliphatic heterocycles. The fourth-order valence-electron chi connectivity index (χ4n) is 3.25. The molecule has 3 rings (SSSR count). The van der Waals surface area contributed by atoms with Crippen molar-refractivity contribution in [2.24, 2.45) is 0 Å². The van der Waals surface area contributed by atoms with E-state index in [1.165, 1.54) is 22.3 Å². The van der Waals surface area contributed by atoms with E-state index in [2.05, 4.69) is 86.4 Å². The fraction of sp³-hybridized carbons (Fsp3) is 0.261. The molecule has 0 aliphatic carbocycles. The molecule has 0 amide bonds. The Morgan fingerprint density at radius 3 is 2.12 bits per heavy atom. The number of benzene rings is 2. The predicted octanol–water partition coefficient (Wildman–Crippen LogP) is 6.49. The highest BCUT2D eigenvalue weighted by atomic mass is 14.7. The highest BCUT2D eigenvalue weighted by molar-refractivity contribution is 5.74. The largest absolute Gasteiger partial charge is 0.256 e. The van der Waals surface area contributed by atoms with Gasteiger partial charge in [-0.1, -0.05) is 69.3 Å². The van der Waals surface area contributed by atoms with Gasteiger partial charge in [-0.05, 0) is 53.1 Å². The number of hydrogen-bond donors (Lipinski definition) is 0. The molecule has 24 heavy (non-hydrogen) atoms. The molecular weight excluding hydrogens is 290 g/mol. The third kappa shape index (κ3) is 3.12. The average molecular weight is 315 g/mol. The van der Waals surface area contributed by atoms with E-state index in [0.717, 1.165) is 18.5 Å². The van der Waals surface area contributed by atoms with E-state index in [4.69, 9.17) is 0 Å². The van der Waals surface area contributed by atoms with Gasteiger partial charge in [0.2, 0.25) is 0 Å². The van der Waals surface area contributed by atoms with Gasteiger partial charge in [0.25, 0.3) is 0 Å². The summed E-state index contributed by atoms with van der Waals surface area (Å²) in [6.07, 6.45) is 4.12. The monoisotopic (exact) mass is 315 g/mol. The van der Waals surface area contributed by atoms with E-state index in [9.17, 15) is 0 Å². The van der Waals surface area contributed by atoms with E-state index in [-0.39, 0.29) is 5.41 Å². The van der Waals surface area contributed by atoms with Crippen LogP contribution in [0, 0.1) is 0 Å². The van der Waals surface area contributed by atoms with Crippen LogP contribution in [0.1, 0.15) is 39.2 Å². The first-order valence-electron chi connectivity index (χ1n) is 8.79. The van der Waals surface area contributed by atoms with Gasteiger partial charge in [0.05, 0.1) is 5.69 Å². The molecule has 1 aromatic heterocycles. The summed E-state index contributed by atoms with van der Waals surface area (Å²) in [6, 6.07) is 23.6. The molecule has 0 saturated carbocycles. The van der Waals surface area contributed by atoms with E-state index in [1.54, 1.807) is 0 Å². The van der Waals surface area contributed by atoms with Crippen molar-refractivity contribution in [3.63, 3.8) is 0 Å². The number of pyridine rings is 1. The fourth-order valence-corrected chi connectivity index (χ4v) is 3.25. The Morgan fingerprint density at radius 1 is 0.792 bits per heavy atom. The van der Waals surface area contributed by atoms with Gasteiger partial charge in [-0.15, -0.1) is 0 Å². The lowest BCUT2D eigenvalue weighted by atomic mass is 9.74. The lowest BCUT2D eigenvalue weighted by Crippen LogP contribution is -2.20. The molecule has 1 nitrogen and oxygen atoms in total. The maximum absolute atomic E-state index is 4.63. The van der Waals surface area contributed by atoms with Crippen LogP contribution in [0.4, 0.5) is 0 Å². The molecule has 0 N–H and O–H groups in total. The number of hydrogen-bond acceptors (Lipinski definition) is 1. The average Bonchev–Trinajstić information content (AvgIpc) is 2.68. The van der Waals surface area contributed by atoms with E-state index >= 15 is 0 Å². The first-order chi connectivity index (χ1) is 11.7. The van der Waals surface area contributed by atoms with Gasteiger partial charge in [-0.2, -0.15) is 0 Å². The van der Waals surface area contributed by atoms with Gasteiger partial charge in [0, 0.05) is 11.8 Å². The van der Waals surface area contributed by atoms with E-state index in [0.29, 0.717) is 0 Å². The summed E-state index contributed by atoms with van der Waals surface area (Å²) in [5, 5.41) is 0. The minimum Gasteiger partial charge on any atom is -0.256 e. The summed E-state index contributed by atoms with van der Waals surface area (Å²) in [5.41, 5.74) is 6.36. The van der Waals surface area contributed by atoms with Crippen LogP contribution in [0.15, 0.2) is 72.9 Å². The van der Waals surface area contributed by atoms with Crippen LogP contribution in [-0.4, -0.2) is 4.98 Å². The molecule has 0 radical (unpaired) electrons. The van der Waals surface area contributed by atoms with E-state index < -0.39 is 0 Å². The van der Waals surface area contributed by atoms with Crippen LogP contribution in [0.5, 0.6) is 0 Å². The van der Waals surface area contributed by atoms with Gasteiger partial charge >= 0.3 is 0 Å². The van der Waals surface area contributed by atoms with Gasteiger partial charge in [-0.25, -0.2) is 0 Å². The number of aromatic nitrogens is 1. The van der Waals surface area contributed by atoms with Crippen LogP contribution in [0.3, 0.4) is 0 Å². The van der Waals surface area contributed by atoms with Crippen molar-refractivity contribution in [3.8, 4) is 22.4 Å². The van der Waals surface area contributed by atoms with Crippen molar-refractivity contribution in [2.75, 3.05) is 0 Å². The second-order valence-electron chi connectivity index (χ2n) is 6.61. The van der Waals surface area contributed by atoms with Crippen LogP contribution in [0.25, 0.3) is 22.4 Å². The lowest BCUT2D eigenvalue weighted by molar-refractivity contribution is 0.440. The van der Waals surface area contributed by atoms with Crippen molar-refractivity contribution in [3.05, 3.63) is 78.5 Å². The smallest absolute Gasteiger partial charge is 0.0705 e. The molecule has 0 atom stereocenters. The predicted molar refractivity (Wildman–Crippen MR) is 103 cm³/mol. The normalized spacial score (nSPS) is 11.5. The summed E-state index contributed by atoms with van der Waals surface area (Å²) in [5.74, 6) is 0. The maximum Gasteiger partial charge on any atom is 0.0705 e. The molecular formula is C23H25N. The number of nitrogens with zero attached hydrogens (tertiary/aromatic N) is 1. The van der Waals surface area contributed by atoms with Gasteiger partial charge < -0.3 is 0 Å². The minimum absolute atomic E-state index is 0.169. The van der Waals surface area contributed by atoms with Crippen LogP contribution >= 0.6 is 0 Å². The number of rotatable bonds is 5. The zero-order valence-electron chi connectivity index (χ0n) is 14.8. The van der Waals surface area contributed by atoms with Crippen LogP contribution in [0.2, 0.25) is 0 Å². The van der Waals surface area contributed by atoms with Crippen LogP contribution in [-0.2, 0) is 5.41 Å². The lowest BCUT2D eigenvalue weighted by Gasteiger charge is -2.30. The highest BCUT2D eigenvalue weighted by Gasteiger charge is 2.26. The Morgan fingerprint density at radius 2 is 1.50 bits per heavy atom. The van der Waals surface area contributed by atoms with Crippen molar-refractivity contribution in [1.29, 1.82) is 0 Å². The summed E-state index contributed by atoms with van der Waals surface area (Å²) < 4.78 is 0. The third-order valence-electron chi connectivity index (χ3n) is 5.28. The summed E-state index contributed by atoms with van der Waals surface area (Å²) in [6.45, 7) is 6.91. The molecule has 0 fully saturated rings. The summed E-state index contributed by atoms with van der Waals surface area (Å²) in [7, 11) is 0. The highest BCUT2D eigenvalue weighted by Crippen LogP contribution is 2.39. The molecule has 0 bridgehead atoms. The molecule has 0 aliphatic rings. The Hall–Kier alpha value is -2.41. The zero-order valence-corrected chi connectivity index (χ0v) is 14.8. The second kappa shape index (κ2) is 7.00. The SMILES string of the molecule is CCC(C)(CC)c1ccc(-c2ccccc2)cc1-c1ccccn1. The molecule has 0 spiro atoms. The standard InChI is InChI=1S/C23H25N/c1-4-23(3,5-2)21-15-14-19(18-11-7-6-8-12-18)17-20(21)22-13-9-10-16-24-22/h6-17H,4-5H2,1-3H3. The summed E-state index contributed by atoms with van der Waals surface area (Å²) in [4.78, 5) is 4.63. The quantitative estimate of drug-likeness (QED) is 0.524. The van der Waals surface area contributed by atoms with Crippen molar-refractivity contribution >= 4 is 0 Å². The molecule has 1 heterocycles. The van der Waals surface area contributed by atoms with Crippen molar-refractivity contribution < 1.29 is 0 Å². The Bertz CT molecular complexity index is 787. The van der Waals surface area contributed by atoms with Gasteiger partial charge in [-0.3, -0.25) is 4.98 Å². The van der Waals surface area contributed by atoms with E-state index in [1.807, 2.05) is 12.3 Å². The van der Waals surface area contributed by atoms with Crippen molar-refractivity contribution in [2.45, 2.75) is 39.0 Å². The Balaban J connectivity index is 2.20. The molecule has 122 valence electrons. The first-order valence-corrected chi connectivity index (χ1v) is 8.79. The molecule has 3 aromatic rings. The Kier molecular flexibility index (Phi) is 4.80. The minimum atomic E-state index is 0.169. The zero-order chi connectivity index (χ0) is 17.0.